The maximum atomic E-state index is 12.2. The first kappa shape index (κ1) is 14.4. The predicted molar refractivity (Wildman–Crippen MR) is 80.7 cm³/mol. The van der Waals surface area contributed by atoms with Crippen LogP contribution in [0.2, 0.25) is 0 Å². The Labute approximate surface area is 125 Å². The minimum absolute atomic E-state index is 0.191. The molecule has 1 heterocycles. The van der Waals surface area contributed by atoms with E-state index in [0.717, 1.165) is 4.47 Å². The summed E-state index contributed by atoms with van der Waals surface area (Å²) in [7, 11) is 1.53. The highest BCUT2D eigenvalue weighted by Gasteiger charge is 2.17. The molecule has 1 atom stereocenters. The number of carbonyl (C=O) groups is 1. The number of amides is 1. The van der Waals surface area contributed by atoms with Gasteiger partial charge in [-0.25, -0.2) is 0 Å². The molecule has 1 aromatic heterocycles. The normalized spacial score (nSPS) is 11.9. The number of carbonyl (C=O) groups excluding carboxylic acids is 1. The Kier molecular flexibility index (Phi) is 4.29. The third-order valence-corrected chi connectivity index (χ3v) is 3.24. The second kappa shape index (κ2) is 5.96. The van der Waals surface area contributed by atoms with Gasteiger partial charge in [0, 0.05) is 18.0 Å². The molecule has 0 saturated heterocycles. The third-order valence-electron chi connectivity index (χ3n) is 2.83. The van der Waals surface area contributed by atoms with Gasteiger partial charge in [-0.3, -0.25) is 9.48 Å². The van der Waals surface area contributed by atoms with Crippen LogP contribution in [0.3, 0.4) is 0 Å². The van der Waals surface area contributed by atoms with Crippen LogP contribution in [0.5, 0.6) is 5.75 Å². The molecule has 0 aliphatic heterocycles. The fraction of sp³-hybridized carbons (Fsp3) is 0.231. The van der Waals surface area contributed by atoms with Gasteiger partial charge in [-0.2, -0.15) is 5.10 Å². The van der Waals surface area contributed by atoms with Gasteiger partial charge in [0.05, 0.1) is 23.5 Å². The van der Waals surface area contributed by atoms with Crippen molar-refractivity contribution in [2.45, 2.75) is 13.0 Å². The summed E-state index contributed by atoms with van der Waals surface area (Å²) in [5, 5.41) is 6.89. The molecule has 0 aliphatic carbocycles. The number of rotatable bonds is 4. The fourth-order valence-corrected chi connectivity index (χ4v) is 2.00. The number of aromatic nitrogens is 2. The van der Waals surface area contributed by atoms with Crippen molar-refractivity contribution >= 4 is 33.2 Å². The zero-order valence-electron chi connectivity index (χ0n) is 11.1. The van der Waals surface area contributed by atoms with Crippen molar-refractivity contribution in [3.05, 3.63) is 35.1 Å². The number of halogens is 1. The van der Waals surface area contributed by atoms with E-state index in [4.69, 9.17) is 10.5 Å². The highest BCUT2D eigenvalue weighted by atomic mass is 79.9. The molecule has 20 heavy (non-hydrogen) atoms. The van der Waals surface area contributed by atoms with Crippen LogP contribution in [0.1, 0.15) is 13.0 Å². The van der Waals surface area contributed by atoms with Crippen LogP contribution in [0.25, 0.3) is 0 Å². The number of hydrogen-bond donors (Lipinski definition) is 2. The number of benzene rings is 1. The van der Waals surface area contributed by atoms with Gasteiger partial charge >= 0.3 is 0 Å². The Bertz CT molecular complexity index is 627. The van der Waals surface area contributed by atoms with Gasteiger partial charge in [0.15, 0.2) is 0 Å². The highest BCUT2D eigenvalue weighted by Crippen LogP contribution is 2.27. The first-order valence-electron chi connectivity index (χ1n) is 5.95. The Balaban J connectivity index is 2.15. The first-order valence-corrected chi connectivity index (χ1v) is 6.74. The minimum Gasteiger partial charge on any atom is -0.494 e. The van der Waals surface area contributed by atoms with Gasteiger partial charge in [-0.15, -0.1) is 0 Å². The van der Waals surface area contributed by atoms with Gasteiger partial charge in [-0.05, 0) is 35.0 Å². The van der Waals surface area contributed by atoms with Crippen LogP contribution in [-0.4, -0.2) is 22.8 Å². The highest BCUT2D eigenvalue weighted by molar-refractivity contribution is 9.10. The lowest BCUT2D eigenvalue weighted by Crippen LogP contribution is -2.24. The molecular weight excluding hydrogens is 324 g/mol. The Hall–Kier alpha value is -2.02. The second-order valence-corrected chi connectivity index (χ2v) is 5.18. The molecule has 0 saturated carbocycles. The Morgan fingerprint density at radius 2 is 2.30 bits per heavy atom. The third kappa shape index (κ3) is 3.11. The number of nitrogen functional groups attached to an aromatic ring is 1. The summed E-state index contributed by atoms with van der Waals surface area (Å²) in [4.78, 5) is 12.2. The fourth-order valence-electron chi connectivity index (χ4n) is 1.70. The lowest BCUT2D eigenvalue weighted by atomic mass is 10.2. The summed E-state index contributed by atoms with van der Waals surface area (Å²) in [5.74, 6) is 0.330. The SMILES string of the molecule is COc1cc(N)ccc1NC(=O)C(C)n1cc(Br)cn1. The summed E-state index contributed by atoms with van der Waals surface area (Å²) in [6, 6.07) is 4.62. The van der Waals surface area contributed by atoms with Crippen LogP contribution in [0.4, 0.5) is 11.4 Å². The summed E-state index contributed by atoms with van der Waals surface area (Å²) in [6.07, 6.45) is 3.37. The maximum absolute atomic E-state index is 12.2. The molecule has 2 rings (SSSR count). The molecule has 0 aliphatic rings. The summed E-state index contributed by atoms with van der Waals surface area (Å²) in [5.41, 5.74) is 6.82. The second-order valence-electron chi connectivity index (χ2n) is 4.26. The molecule has 0 radical (unpaired) electrons. The Morgan fingerprint density at radius 3 is 2.90 bits per heavy atom. The largest absolute Gasteiger partial charge is 0.494 e. The molecule has 0 fully saturated rings. The Morgan fingerprint density at radius 1 is 1.55 bits per heavy atom. The van der Waals surface area contributed by atoms with Gasteiger partial charge in [0.1, 0.15) is 11.8 Å². The predicted octanol–water partition coefficient (Wildman–Crippen LogP) is 2.44. The van der Waals surface area contributed by atoms with E-state index in [1.54, 1.807) is 42.2 Å². The monoisotopic (exact) mass is 338 g/mol. The molecule has 2 aromatic rings. The topological polar surface area (TPSA) is 82.2 Å². The summed E-state index contributed by atoms with van der Waals surface area (Å²) < 4.78 is 7.59. The van der Waals surface area contributed by atoms with Crippen LogP contribution >= 0.6 is 15.9 Å². The number of nitrogens with one attached hydrogen (secondary N) is 1. The van der Waals surface area contributed by atoms with Crippen molar-refractivity contribution in [2.24, 2.45) is 0 Å². The molecule has 1 aromatic carbocycles. The molecule has 1 amide bonds. The van der Waals surface area contributed by atoms with Gasteiger partial charge in [0.2, 0.25) is 5.91 Å². The average molecular weight is 339 g/mol. The number of hydrogen-bond acceptors (Lipinski definition) is 4. The molecule has 106 valence electrons. The van der Waals surface area contributed by atoms with Crippen molar-refractivity contribution in [3.8, 4) is 5.75 Å². The smallest absolute Gasteiger partial charge is 0.249 e. The molecule has 3 N–H and O–H groups in total. The number of nitrogens with zero attached hydrogens (tertiary/aromatic N) is 2. The molecule has 1 unspecified atom stereocenters. The zero-order chi connectivity index (χ0) is 14.7. The molecule has 0 spiro atoms. The van der Waals surface area contributed by atoms with E-state index in [1.165, 1.54) is 7.11 Å². The van der Waals surface area contributed by atoms with E-state index >= 15 is 0 Å². The van der Waals surface area contributed by atoms with Crippen LogP contribution in [0.15, 0.2) is 35.1 Å². The molecular formula is C13H15BrN4O2. The van der Waals surface area contributed by atoms with Gasteiger partial charge < -0.3 is 15.8 Å². The number of methoxy groups -OCH3 is 1. The quantitative estimate of drug-likeness (QED) is 0.839. The van der Waals surface area contributed by atoms with Crippen LogP contribution in [0, 0.1) is 0 Å². The van der Waals surface area contributed by atoms with E-state index in [9.17, 15) is 4.79 Å². The zero-order valence-corrected chi connectivity index (χ0v) is 12.7. The molecule has 0 bridgehead atoms. The maximum Gasteiger partial charge on any atom is 0.249 e. The van der Waals surface area contributed by atoms with E-state index in [2.05, 4.69) is 26.3 Å². The number of ether oxygens (including phenoxy) is 1. The van der Waals surface area contributed by atoms with E-state index < -0.39 is 6.04 Å². The van der Waals surface area contributed by atoms with E-state index in [1.807, 2.05) is 0 Å². The first-order chi connectivity index (χ1) is 9.51. The van der Waals surface area contributed by atoms with Crippen LogP contribution in [-0.2, 0) is 4.79 Å². The number of anilines is 2. The van der Waals surface area contributed by atoms with E-state index in [-0.39, 0.29) is 5.91 Å². The van der Waals surface area contributed by atoms with Crippen molar-refractivity contribution in [1.82, 2.24) is 9.78 Å². The van der Waals surface area contributed by atoms with E-state index in [0.29, 0.717) is 17.1 Å². The van der Waals surface area contributed by atoms with Crippen molar-refractivity contribution in [2.75, 3.05) is 18.2 Å². The molecule has 6 nitrogen and oxygen atoms in total. The lowest BCUT2D eigenvalue weighted by molar-refractivity contribution is -0.119. The van der Waals surface area contributed by atoms with Crippen molar-refractivity contribution in [1.29, 1.82) is 0 Å². The van der Waals surface area contributed by atoms with Crippen molar-refractivity contribution < 1.29 is 9.53 Å². The minimum atomic E-state index is -0.441. The average Bonchev–Trinajstić information content (AvgIpc) is 2.86. The van der Waals surface area contributed by atoms with Crippen LogP contribution < -0.4 is 15.8 Å². The van der Waals surface area contributed by atoms with Gasteiger partial charge in [0.25, 0.3) is 0 Å². The van der Waals surface area contributed by atoms with Gasteiger partial charge in [-0.1, -0.05) is 0 Å². The van der Waals surface area contributed by atoms with Crippen molar-refractivity contribution in [3.63, 3.8) is 0 Å². The number of nitrogens with two attached hydrogens (primary N) is 1. The molecule has 7 heteroatoms. The lowest BCUT2D eigenvalue weighted by Gasteiger charge is -2.15. The summed E-state index contributed by atoms with van der Waals surface area (Å²) in [6.45, 7) is 1.76. The summed E-state index contributed by atoms with van der Waals surface area (Å²) >= 11 is 3.30. The standard InChI is InChI=1S/C13H15BrN4O2/c1-8(18-7-9(14)6-16-18)13(19)17-11-4-3-10(15)5-12(11)20-2/h3-8H,15H2,1-2H3,(H,17,19).